The minimum absolute atomic E-state index is 0.294. The first-order valence-electron chi connectivity index (χ1n) is 15.0. The van der Waals surface area contributed by atoms with Gasteiger partial charge in [0.1, 0.15) is 16.5 Å². The molecule has 1 atom stereocenters. The molecule has 7 nitrogen and oxygen atoms in total. The highest BCUT2D eigenvalue weighted by molar-refractivity contribution is 7.98. The van der Waals surface area contributed by atoms with Crippen molar-refractivity contribution in [2.45, 2.75) is 43.3 Å². The van der Waals surface area contributed by atoms with Crippen LogP contribution in [-0.2, 0) is 28.0 Å². The first-order valence-corrected chi connectivity index (χ1v) is 16.8. The van der Waals surface area contributed by atoms with Gasteiger partial charge < -0.3 is 19.1 Å². The lowest BCUT2D eigenvalue weighted by Crippen LogP contribution is -2.46. The van der Waals surface area contributed by atoms with Gasteiger partial charge in [-0.1, -0.05) is 12.1 Å². The predicted molar refractivity (Wildman–Crippen MR) is 176 cm³/mol. The van der Waals surface area contributed by atoms with Gasteiger partial charge in [0, 0.05) is 59.5 Å². The Balaban J connectivity index is 1.27. The van der Waals surface area contributed by atoms with Crippen LogP contribution in [0.2, 0.25) is 0 Å². The summed E-state index contributed by atoms with van der Waals surface area (Å²) in [5.41, 5.74) is 2.08. The maximum atomic E-state index is 13.2. The van der Waals surface area contributed by atoms with Gasteiger partial charge in [-0.15, -0.1) is 23.1 Å². The van der Waals surface area contributed by atoms with E-state index in [2.05, 4.69) is 21.9 Å². The van der Waals surface area contributed by atoms with Gasteiger partial charge in [0.05, 0.1) is 25.0 Å². The van der Waals surface area contributed by atoms with E-state index in [0.717, 1.165) is 65.2 Å². The molecule has 1 aliphatic rings. The fourth-order valence-corrected chi connectivity index (χ4v) is 7.07. The molecule has 0 N–H and O–H groups in total. The number of benzene rings is 3. The lowest BCUT2D eigenvalue weighted by atomic mass is 10.1. The quantitative estimate of drug-likeness (QED) is 0.112. The van der Waals surface area contributed by atoms with E-state index in [4.69, 9.17) is 19.2 Å². The topological polar surface area (TPSA) is 64.1 Å². The van der Waals surface area contributed by atoms with E-state index >= 15 is 0 Å². The largest absolute Gasteiger partial charge is 0.497 e. The number of thioether (sulfide) groups is 1. The van der Waals surface area contributed by atoms with E-state index in [1.165, 1.54) is 23.5 Å². The van der Waals surface area contributed by atoms with Crippen molar-refractivity contribution in [3.63, 3.8) is 0 Å². The fraction of sp³-hybridized carbons (Fsp3) is 0.353. The number of nitrogens with zero attached hydrogens (tertiary/aromatic N) is 3. The van der Waals surface area contributed by atoms with Crippen LogP contribution < -0.4 is 14.4 Å². The summed E-state index contributed by atoms with van der Waals surface area (Å²) in [6, 6.07) is 20.8. The first kappa shape index (κ1) is 33.6. The van der Waals surface area contributed by atoms with Crippen molar-refractivity contribution in [2.24, 2.45) is 0 Å². The summed E-state index contributed by atoms with van der Waals surface area (Å²) in [6.45, 7) is 7.81. The lowest BCUT2D eigenvalue weighted by molar-refractivity contribution is -0.150. The molecule has 0 aliphatic carbocycles. The maximum Gasteiger partial charge on any atom is 0.416 e. The Labute approximate surface area is 275 Å². The van der Waals surface area contributed by atoms with Gasteiger partial charge in [-0.05, 0) is 74.5 Å². The summed E-state index contributed by atoms with van der Waals surface area (Å²) in [7, 11) is 1.66. The molecular weight excluding hydrogens is 636 g/mol. The first-order chi connectivity index (χ1) is 22.1. The average Bonchev–Trinajstić information content (AvgIpc) is 3.47. The number of thiazole rings is 1. The SMILES string of the molecule is CCOC(=O)C(C)Oc1ccc(SCc2sc(-c3ccc(C(F)(F)F)cc3)nc2CN2CCN(c3ccc(OC)cc3)CC2)cc1. The predicted octanol–water partition coefficient (Wildman–Crippen LogP) is 7.78. The van der Waals surface area contributed by atoms with Crippen LogP contribution in [0.3, 0.4) is 0 Å². The third kappa shape index (κ3) is 8.74. The summed E-state index contributed by atoms with van der Waals surface area (Å²) < 4.78 is 55.5. The number of rotatable bonds is 12. The number of methoxy groups -OCH3 is 1. The molecule has 0 radical (unpaired) electrons. The van der Waals surface area contributed by atoms with Crippen molar-refractivity contribution in [2.75, 3.05) is 44.8 Å². The fourth-order valence-electron chi connectivity index (χ4n) is 4.99. The summed E-state index contributed by atoms with van der Waals surface area (Å²) in [5.74, 6) is 1.64. The number of hydrogen-bond acceptors (Lipinski definition) is 9. The van der Waals surface area contributed by atoms with E-state index in [0.29, 0.717) is 35.2 Å². The standard InChI is InChI=1S/C34H36F3N3O4S2/c1-4-43-33(41)23(2)44-28-13-15-29(16-14-28)45-22-31-30(38-32(46-31)24-5-7-25(8-6-24)34(35,36)37)21-39-17-19-40(20-18-39)26-9-11-27(42-3)12-10-26/h5-16,23H,4,17-22H2,1-3H3. The van der Waals surface area contributed by atoms with Crippen LogP contribution in [0.15, 0.2) is 77.7 Å². The molecular formula is C34H36F3N3O4S2. The lowest BCUT2D eigenvalue weighted by Gasteiger charge is -2.36. The Bertz CT molecular complexity index is 1570. The molecule has 12 heteroatoms. The maximum absolute atomic E-state index is 13.2. The average molecular weight is 672 g/mol. The van der Waals surface area contributed by atoms with Crippen LogP contribution in [0, 0.1) is 0 Å². The minimum Gasteiger partial charge on any atom is -0.497 e. The Morgan fingerprint density at radius 3 is 2.22 bits per heavy atom. The molecule has 1 fully saturated rings. The summed E-state index contributed by atoms with van der Waals surface area (Å²) in [6.07, 6.45) is -5.10. The van der Waals surface area contributed by atoms with Crippen LogP contribution in [-0.4, -0.2) is 61.9 Å². The molecule has 4 aromatic rings. The number of halogens is 3. The summed E-state index contributed by atoms with van der Waals surface area (Å²) in [4.78, 5) is 23.7. The highest BCUT2D eigenvalue weighted by atomic mass is 32.2. The number of ether oxygens (including phenoxy) is 3. The normalized spacial score (nSPS) is 14.6. The highest BCUT2D eigenvalue weighted by Gasteiger charge is 2.30. The zero-order chi connectivity index (χ0) is 32.7. The molecule has 5 rings (SSSR count). The van der Waals surface area contributed by atoms with Crippen molar-refractivity contribution in [1.82, 2.24) is 9.88 Å². The van der Waals surface area contributed by atoms with Crippen molar-refractivity contribution < 1.29 is 32.2 Å². The van der Waals surface area contributed by atoms with Crippen molar-refractivity contribution in [1.29, 1.82) is 0 Å². The molecule has 244 valence electrons. The van der Waals surface area contributed by atoms with Crippen LogP contribution in [0.1, 0.15) is 30.0 Å². The van der Waals surface area contributed by atoms with Crippen LogP contribution in [0.4, 0.5) is 18.9 Å². The van der Waals surface area contributed by atoms with E-state index < -0.39 is 23.8 Å². The zero-order valence-electron chi connectivity index (χ0n) is 25.9. The molecule has 0 spiro atoms. The monoisotopic (exact) mass is 671 g/mol. The zero-order valence-corrected chi connectivity index (χ0v) is 27.5. The van der Waals surface area contributed by atoms with Crippen molar-refractivity contribution in [3.05, 3.63) is 88.9 Å². The number of hydrogen-bond donors (Lipinski definition) is 0. The van der Waals surface area contributed by atoms with Gasteiger partial charge in [0.15, 0.2) is 6.10 Å². The third-order valence-corrected chi connectivity index (χ3v) is 9.91. The van der Waals surface area contributed by atoms with Gasteiger partial charge in [-0.2, -0.15) is 13.2 Å². The van der Waals surface area contributed by atoms with Crippen LogP contribution in [0.25, 0.3) is 10.6 Å². The van der Waals surface area contributed by atoms with Crippen molar-refractivity contribution >= 4 is 34.8 Å². The molecule has 1 aromatic heterocycles. The number of carbonyl (C=O) groups is 1. The van der Waals surface area contributed by atoms with E-state index in [9.17, 15) is 18.0 Å². The Kier molecular flexibility index (Phi) is 11.1. The molecule has 1 unspecified atom stereocenters. The number of alkyl halides is 3. The van der Waals surface area contributed by atoms with Gasteiger partial charge in [0.25, 0.3) is 0 Å². The molecule has 3 aromatic carbocycles. The number of anilines is 1. The summed E-state index contributed by atoms with van der Waals surface area (Å²) in [5, 5.41) is 0.702. The van der Waals surface area contributed by atoms with Crippen molar-refractivity contribution in [3.8, 4) is 22.1 Å². The van der Waals surface area contributed by atoms with Gasteiger partial charge in [-0.3, -0.25) is 4.90 Å². The van der Waals surface area contributed by atoms with Gasteiger partial charge in [-0.25, -0.2) is 9.78 Å². The number of esters is 1. The second-order valence-electron chi connectivity index (χ2n) is 10.7. The van der Waals surface area contributed by atoms with E-state index in [1.54, 1.807) is 32.7 Å². The third-order valence-electron chi connectivity index (χ3n) is 7.55. The van der Waals surface area contributed by atoms with Crippen LogP contribution in [0.5, 0.6) is 11.5 Å². The molecule has 0 bridgehead atoms. The molecule has 1 saturated heterocycles. The Morgan fingerprint density at radius 2 is 1.61 bits per heavy atom. The van der Waals surface area contributed by atoms with Gasteiger partial charge >= 0.3 is 12.1 Å². The second-order valence-corrected chi connectivity index (χ2v) is 12.8. The molecule has 46 heavy (non-hydrogen) atoms. The van der Waals surface area contributed by atoms with E-state index in [-0.39, 0.29) is 0 Å². The Morgan fingerprint density at radius 1 is 0.957 bits per heavy atom. The van der Waals surface area contributed by atoms with Gasteiger partial charge in [0.2, 0.25) is 0 Å². The molecule has 2 heterocycles. The number of piperazine rings is 1. The van der Waals surface area contributed by atoms with E-state index in [1.807, 2.05) is 36.4 Å². The number of carbonyl (C=O) groups excluding carboxylic acids is 1. The minimum atomic E-state index is -4.39. The Hall–Kier alpha value is -3.74. The smallest absolute Gasteiger partial charge is 0.416 e. The second kappa shape index (κ2) is 15.2. The molecule has 0 amide bonds. The highest BCUT2D eigenvalue weighted by Crippen LogP contribution is 2.36. The summed E-state index contributed by atoms with van der Waals surface area (Å²) >= 11 is 3.16. The molecule has 1 aliphatic heterocycles. The molecule has 0 saturated carbocycles. The number of aromatic nitrogens is 1. The van der Waals surface area contributed by atoms with Crippen LogP contribution >= 0.6 is 23.1 Å².